The number of amides is 1. The third-order valence-electron chi connectivity index (χ3n) is 4.53. The van der Waals surface area contributed by atoms with Crippen molar-refractivity contribution >= 4 is 12.7 Å². The number of halogens is 3. The fourth-order valence-corrected chi connectivity index (χ4v) is 3.14. The van der Waals surface area contributed by atoms with Gasteiger partial charge in [-0.3, -0.25) is 10.2 Å². The van der Waals surface area contributed by atoms with Crippen molar-refractivity contribution in [1.29, 1.82) is 5.41 Å². The van der Waals surface area contributed by atoms with Gasteiger partial charge in [-0.05, 0) is 48.7 Å². The van der Waals surface area contributed by atoms with E-state index < -0.39 is 11.6 Å². The van der Waals surface area contributed by atoms with E-state index in [1.54, 1.807) is 18.4 Å². The largest absolute Gasteiger partial charge is 0.372 e. The van der Waals surface area contributed by atoms with Crippen molar-refractivity contribution in [2.24, 2.45) is 11.7 Å². The van der Waals surface area contributed by atoms with E-state index in [0.717, 1.165) is 37.0 Å². The van der Waals surface area contributed by atoms with Crippen molar-refractivity contribution in [3.8, 4) is 0 Å². The van der Waals surface area contributed by atoms with Crippen molar-refractivity contribution in [1.82, 2.24) is 10.2 Å². The van der Waals surface area contributed by atoms with E-state index in [4.69, 9.17) is 10.2 Å². The molecule has 0 saturated heterocycles. The third-order valence-corrected chi connectivity index (χ3v) is 4.53. The van der Waals surface area contributed by atoms with Crippen LogP contribution in [-0.4, -0.2) is 30.7 Å². The average Bonchev–Trinajstić information content (AvgIpc) is 2.68. The van der Waals surface area contributed by atoms with Crippen molar-refractivity contribution in [3.05, 3.63) is 70.7 Å². The molecule has 1 aliphatic heterocycles. The lowest BCUT2D eigenvalue weighted by molar-refractivity contribution is -0.106. The fraction of sp³-hybridized carbons (Fsp3) is 0.300. The standard InChI is InChI=1S/C19H20F3N3.CH3NO/c20-17-2-1-13(7-19(17)22)11-25(12-23)6-4-15-8-14-3-5-24-10-16(14)9-18(15)21;2-1-3/h1-2,4,6-7,9,12,15,23-24H,3,5,8,10-11H2;1H,(H2,2,3)/b6-4+,23-12?;. The van der Waals surface area contributed by atoms with Gasteiger partial charge >= 0.3 is 0 Å². The minimum Gasteiger partial charge on any atom is -0.372 e. The minimum absolute atomic E-state index is 0.184. The van der Waals surface area contributed by atoms with Gasteiger partial charge in [-0.25, -0.2) is 13.2 Å². The van der Waals surface area contributed by atoms with Crippen LogP contribution in [-0.2, 0) is 11.3 Å². The van der Waals surface area contributed by atoms with Crippen molar-refractivity contribution in [2.45, 2.75) is 19.4 Å². The molecule has 0 bridgehead atoms. The molecule has 4 N–H and O–H groups in total. The molecule has 2 aliphatic rings. The Hall–Kier alpha value is -2.87. The first kappa shape index (κ1) is 21.4. The first-order valence-corrected chi connectivity index (χ1v) is 8.81. The number of carbonyl (C=O) groups is 1. The molecule has 0 spiro atoms. The fourth-order valence-electron chi connectivity index (χ4n) is 3.14. The summed E-state index contributed by atoms with van der Waals surface area (Å²) in [5.41, 5.74) is 7.02. The quantitative estimate of drug-likeness (QED) is 0.409. The number of allylic oxidation sites excluding steroid dienone is 2. The van der Waals surface area contributed by atoms with Gasteiger partial charge in [0.2, 0.25) is 6.41 Å². The van der Waals surface area contributed by atoms with Gasteiger partial charge in [-0.1, -0.05) is 17.7 Å². The summed E-state index contributed by atoms with van der Waals surface area (Å²) in [7, 11) is 0. The second-order valence-corrected chi connectivity index (χ2v) is 6.42. The number of nitrogens with one attached hydrogen (secondary N) is 2. The molecule has 28 heavy (non-hydrogen) atoms. The molecule has 1 heterocycles. The van der Waals surface area contributed by atoms with Crippen molar-refractivity contribution in [2.75, 3.05) is 13.1 Å². The van der Waals surface area contributed by atoms with Crippen LogP contribution in [0.15, 0.2) is 53.5 Å². The molecule has 1 atom stereocenters. The van der Waals surface area contributed by atoms with E-state index in [1.165, 1.54) is 16.5 Å². The van der Waals surface area contributed by atoms with Crippen LogP contribution in [0.2, 0.25) is 0 Å². The molecule has 150 valence electrons. The Morgan fingerprint density at radius 1 is 1.29 bits per heavy atom. The molecule has 1 aromatic carbocycles. The predicted molar refractivity (Wildman–Crippen MR) is 102 cm³/mol. The van der Waals surface area contributed by atoms with Gasteiger partial charge in [0.05, 0.1) is 6.34 Å². The van der Waals surface area contributed by atoms with Gasteiger partial charge in [0.15, 0.2) is 11.6 Å². The zero-order chi connectivity index (χ0) is 20.5. The first-order valence-electron chi connectivity index (χ1n) is 8.81. The highest BCUT2D eigenvalue weighted by Gasteiger charge is 2.23. The summed E-state index contributed by atoms with van der Waals surface area (Å²) in [4.78, 5) is 10.1. The molecule has 3 rings (SSSR count). The Labute approximate surface area is 161 Å². The molecule has 0 radical (unpaired) electrons. The highest BCUT2D eigenvalue weighted by Crippen LogP contribution is 2.33. The number of rotatable bonds is 5. The molecule has 1 aromatic rings. The van der Waals surface area contributed by atoms with E-state index in [1.807, 2.05) is 0 Å². The van der Waals surface area contributed by atoms with E-state index in [9.17, 15) is 13.2 Å². The molecule has 0 fully saturated rings. The SMILES string of the molecule is N=CN(/C=C/C1CC2=C(C=C1F)CNCC2)Cc1ccc(F)c(F)c1.NC=O. The maximum atomic E-state index is 14.3. The van der Waals surface area contributed by atoms with Crippen molar-refractivity contribution < 1.29 is 18.0 Å². The van der Waals surface area contributed by atoms with E-state index in [0.29, 0.717) is 18.5 Å². The summed E-state index contributed by atoms with van der Waals surface area (Å²) >= 11 is 0. The van der Waals surface area contributed by atoms with Gasteiger partial charge in [0.25, 0.3) is 0 Å². The molecule has 5 nitrogen and oxygen atoms in total. The van der Waals surface area contributed by atoms with Crippen LogP contribution in [0.1, 0.15) is 18.4 Å². The summed E-state index contributed by atoms with van der Waals surface area (Å²) in [5, 5.41) is 10.7. The lowest BCUT2D eigenvalue weighted by atomic mass is 9.85. The summed E-state index contributed by atoms with van der Waals surface area (Å²) in [5.74, 6) is -2.35. The van der Waals surface area contributed by atoms with Crippen LogP contribution >= 0.6 is 0 Å². The molecule has 1 amide bonds. The van der Waals surface area contributed by atoms with Crippen LogP contribution in [0.4, 0.5) is 13.2 Å². The van der Waals surface area contributed by atoms with Gasteiger partial charge in [0, 0.05) is 25.2 Å². The molecule has 8 heteroatoms. The van der Waals surface area contributed by atoms with Crippen LogP contribution in [0.5, 0.6) is 0 Å². The van der Waals surface area contributed by atoms with Crippen LogP contribution in [0.25, 0.3) is 0 Å². The molecule has 1 aliphatic carbocycles. The Morgan fingerprint density at radius 3 is 2.71 bits per heavy atom. The Balaban J connectivity index is 0.000000878. The second kappa shape index (κ2) is 10.5. The number of carbonyl (C=O) groups excluding carboxylic acids is 1. The predicted octanol–water partition coefficient (Wildman–Crippen LogP) is 3.15. The van der Waals surface area contributed by atoms with Gasteiger partial charge in [0.1, 0.15) is 5.83 Å². The smallest absolute Gasteiger partial charge is 0.204 e. The molecule has 1 unspecified atom stereocenters. The van der Waals surface area contributed by atoms with Crippen LogP contribution in [0, 0.1) is 23.0 Å². The van der Waals surface area contributed by atoms with E-state index in [-0.39, 0.29) is 24.7 Å². The molecule has 0 aromatic heterocycles. The van der Waals surface area contributed by atoms with E-state index in [2.05, 4.69) is 11.1 Å². The average molecular weight is 392 g/mol. The van der Waals surface area contributed by atoms with Gasteiger partial charge in [-0.15, -0.1) is 0 Å². The summed E-state index contributed by atoms with van der Waals surface area (Å²) in [6.45, 7) is 1.84. The number of hydrogen-bond donors (Lipinski definition) is 3. The second-order valence-electron chi connectivity index (χ2n) is 6.42. The Kier molecular flexibility index (Phi) is 8.01. The normalized spacial score (nSPS) is 18.7. The lowest BCUT2D eigenvalue weighted by Gasteiger charge is -2.26. The molecular formula is C20H23F3N4O. The monoisotopic (exact) mass is 392 g/mol. The number of primary amides is 1. The number of hydrogen-bond acceptors (Lipinski definition) is 3. The zero-order valence-corrected chi connectivity index (χ0v) is 15.3. The Morgan fingerprint density at radius 2 is 2.04 bits per heavy atom. The first-order chi connectivity index (χ1) is 13.5. The third kappa shape index (κ3) is 5.82. The summed E-state index contributed by atoms with van der Waals surface area (Å²) in [6.07, 6.45) is 7.85. The molecular weight excluding hydrogens is 369 g/mol. The topological polar surface area (TPSA) is 82.2 Å². The lowest BCUT2D eigenvalue weighted by Crippen LogP contribution is -2.27. The van der Waals surface area contributed by atoms with E-state index >= 15 is 0 Å². The van der Waals surface area contributed by atoms with Gasteiger partial charge in [-0.2, -0.15) is 0 Å². The maximum absolute atomic E-state index is 14.3. The highest BCUT2D eigenvalue weighted by atomic mass is 19.2. The zero-order valence-electron chi connectivity index (χ0n) is 15.3. The maximum Gasteiger partial charge on any atom is 0.204 e. The summed E-state index contributed by atoms with van der Waals surface area (Å²) < 4.78 is 40.5. The number of benzene rings is 1. The highest BCUT2D eigenvalue weighted by molar-refractivity contribution is 5.52. The van der Waals surface area contributed by atoms with Gasteiger partial charge < -0.3 is 16.0 Å². The summed E-state index contributed by atoms with van der Waals surface area (Å²) in [6, 6.07) is 3.63. The number of nitrogens with zero attached hydrogens (tertiary/aromatic N) is 1. The van der Waals surface area contributed by atoms with Crippen LogP contribution < -0.4 is 11.1 Å². The Bertz CT molecular complexity index is 805. The van der Waals surface area contributed by atoms with Crippen molar-refractivity contribution in [3.63, 3.8) is 0 Å². The van der Waals surface area contributed by atoms with Crippen LogP contribution in [0.3, 0.4) is 0 Å². The minimum atomic E-state index is -0.918. The number of nitrogens with two attached hydrogens (primary N) is 1. The molecule has 0 saturated carbocycles.